The summed E-state index contributed by atoms with van der Waals surface area (Å²) in [5.74, 6) is 2.61. The molecule has 1 aliphatic carbocycles. The van der Waals surface area contributed by atoms with Crippen molar-refractivity contribution in [1.82, 2.24) is 5.32 Å². The summed E-state index contributed by atoms with van der Waals surface area (Å²) >= 11 is 2.03. The van der Waals surface area contributed by atoms with E-state index >= 15 is 0 Å². The van der Waals surface area contributed by atoms with Crippen molar-refractivity contribution in [2.45, 2.75) is 40.0 Å². The molecule has 2 heteroatoms. The molecule has 0 aromatic carbocycles. The van der Waals surface area contributed by atoms with Crippen molar-refractivity contribution < 1.29 is 0 Å². The van der Waals surface area contributed by atoms with Crippen molar-refractivity contribution in [3.8, 4) is 0 Å². The largest absolute Gasteiger partial charge is 0.315 e. The first-order chi connectivity index (χ1) is 7.10. The van der Waals surface area contributed by atoms with E-state index in [0.29, 0.717) is 5.41 Å². The molecule has 1 nitrogen and oxygen atoms in total. The fourth-order valence-electron chi connectivity index (χ4n) is 1.71. The maximum Gasteiger partial charge on any atom is 0.00585 e. The van der Waals surface area contributed by atoms with Crippen LogP contribution in [0.15, 0.2) is 11.6 Å². The van der Waals surface area contributed by atoms with Crippen molar-refractivity contribution in [2.75, 3.05) is 24.6 Å². The Morgan fingerprint density at radius 1 is 1.27 bits per heavy atom. The van der Waals surface area contributed by atoms with Crippen LogP contribution in [-0.2, 0) is 0 Å². The summed E-state index contributed by atoms with van der Waals surface area (Å²) in [5, 5.41) is 3.26. The highest BCUT2D eigenvalue weighted by Gasteiger charge is 2.19. The van der Waals surface area contributed by atoms with Crippen LogP contribution >= 0.6 is 11.8 Å². The number of rotatable bonds is 0. The molecule has 0 atom stereocenters. The molecule has 0 aromatic rings. The summed E-state index contributed by atoms with van der Waals surface area (Å²) in [7, 11) is 0. The van der Waals surface area contributed by atoms with Gasteiger partial charge >= 0.3 is 0 Å². The highest BCUT2D eigenvalue weighted by atomic mass is 32.2. The Morgan fingerprint density at radius 2 is 1.93 bits per heavy atom. The Hall–Kier alpha value is 0.0500. The van der Waals surface area contributed by atoms with Crippen LogP contribution in [0.1, 0.15) is 40.0 Å². The van der Waals surface area contributed by atoms with E-state index in [9.17, 15) is 0 Å². The molecular formula is C13H25NS. The van der Waals surface area contributed by atoms with Gasteiger partial charge in [-0.15, -0.1) is 0 Å². The Bertz CT molecular complexity index is 193. The van der Waals surface area contributed by atoms with Gasteiger partial charge in [0.25, 0.3) is 0 Å². The van der Waals surface area contributed by atoms with Crippen LogP contribution in [0.5, 0.6) is 0 Å². The molecule has 0 saturated carbocycles. The van der Waals surface area contributed by atoms with E-state index < -0.39 is 0 Å². The van der Waals surface area contributed by atoms with E-state index in [2.05, 4.69) is 32.2 Å². The number of allylic oxidation sites excluding steroid dienone is 2. The maximum absolute atomic E-state index is 3.26. The van der Waals surface area contributed by atoms with Crippen LogP contribution in [-0.4, -0.2) is 24.6 Å². The lowest BCUT2D eigenvalue weighted by Gasteiger charge is -2.27. The minimum atomic E-state index is 0.583. The van der Waals surface area contributed by atoms with Gasteiger partial charge in [-0.2, -0.15) is 11.8 Å². The number of hydrogen-bond donors (Lipinski definition) is 1. The maximum atomic E-state index is 3.26. The van der Waals surface area contributed by atoms with E-state index in [1.54, 1.807) is 5.57 Å². The van der Waals surface area contributed by atoms with Gasteiger partial charge in [-0.05, 0) is 31.6 Å². The lowest BCUT2D eigenvalue weighted by molar-refractivity contribution is 0.325. The van der Waals surface area contributed by atoms with Gasteiger partial charge in [0.1, 0.15) is 0 Å². The summed E-state index contributed by atoms with van der Waals surface area (Å²) in [6, 6.07) is 0. The second-order valence-electron chi connectivity index (χ2n) is 5.28. The summed E-state index contributed by atoms with van der Waals surface area (Å²) in [6.07, 6.45) is 6.34. The average Bonchev–Trinajstić information content (AvgIpc) is 2.26. The molecule has 1 N–H and O–H groups in total. The Labute approximate surface area is 99.1 Å². The number of nitrogens with one attached hydrogen (secondary N) is 1. The van der Waals surface area contributed by atoms with Crippen molar-refractivity contribution >= 4 is 11.8 Å². The van der Waals surface area contributed by atoms with Crippen LogP contribution in [0, 0.1) is 5.41 Å². The molecule has 1 heterocycles. The molecule has 88 valence electrons. The van der Waals surface area contributed by atoms with Crippen LogP contribution in [0.2, 0.25) is 0 Å². The third-order valence-corrected chi connectivity index (χ3v) is 4.03. The van der Waals surface area contributed by atoms with Gasteiger partial charge in [-0.3, -0.25) is 0 Å². The van der Waals surface area contributed by atoms with Crippen LogP contribution < -0.4 is 5.32 Å². The van der Waals surface area contributed by atoms with Crippen LogP contribution in [0.3, 0.4) is 0 Å². The zero-order valence-corrected chi connectivity index (χ0v) is 11.3. The normalized spacial score (nSPS) is 24.9. The summed E-state index contributed by atoms with van der Waals surface area (Å²) in [4.78, 5) is 0. The molecule has 2 rings (SSSR count). The van der Waals surface area contributed by atoms with Gasteiger partial charge in [0, 0.05) is 24.6 Å². The van der Waals surface area contributed by atoms with E-state index in [4.69, 9.17) is 0 Å². The predicted molar refractivity (Wildman–Crippen MR) is 71.6 cm³/mol. The first-order valence-electron chi connectivity index (χ1n) is 6.04. The monoisotopic (exact) mass is 227 g/mol. The molecule has 0 amide bonds. The molecular weight excluding hydrogens is 202 g/mol. The topological polar surface area (TPSA) is 12.0 Å². The van der Waals surface area contributed by atoms with E-state index in [-0.39, 0.29) is 0 Å². The minimum absolute atomic E-state index is 0.583. The summed E-state index contributed by atoms with van der Waals surface area (Å²) in [6.45, 7) is 9.34. The zero-order valence-electron chi connectivity index (χ0n) is 10.4. The first kappa shape index (κ1) is 13.1. The molecule has 2 aliphatic rings. The molecule has 0 aromatic heterocycles. The fraction of sp³-hybridized carbons (Fsp3) is 0.846. The van der Waals surface area contributed by atoms with Gasteiger partial charge in [-0.25, -0.2) is 0 Å². The second kappa shape index (κ2) is 6.59. The zero-order chi connectivity index (χ0) is 11.1. The van der Waals surface area contributed by atoms with E-state index in [1.165, 1.54) is 43.9 Å². The third kappa shape index (κ3) is 6.26. The van der Waals surface area contributed by atoms with Crippen LogP contribution in [0.25, 0.3) is 0 Å². The average molecular weight is 227 g/mol. The number of hydrogen-bond acceptors (Lipinski definition) is 2. The Morgan fingerprint density at radius 3 is 2.20 bits per heavy atom. The van der Waals surface area contributed by atoms with Gasteiger partial charge in [0.05, 0.1) is 0 Å². The Balaban J connectivity index is 0.000000162. The van der Waals surface area contributed by atoms with Crippen LogP contribution in [0.4, 0.5) is 0 Å². The lowest BCUT2D eigenvalue weighted by atomic mass is 9.79. The molecule has 0 spiro atoms. The van der Waals surface area contributed by atoms with E-state index in [0.717, 1.165) is 0 Å². The van der Waals surface area contributed by atoms with Gasteiger partial charge in [0.15, 0.2) is 0 Å². The van der Waals surface area contributed by atoms with Crippen molar-refractivity contribution in [2.24, 2.45) is 5.41 Å². The first-order valence-corrected chi connectivity index (χ1v) is 7.20. The number of thioether (sulfide) groups is 1. The SMILES string of the molecule is C1CSCCN1.CC1=CCC(C)(C)CC1. The molecule has 1 saturated heterocycles. The van der Waals surface area contributed by atoms with Gasteiger partial charge in [0.2, 0.25) is 0 Å². The molecule has 15 heavy (non-hydrogen) atoms. The third-order valence-electron chi connectivity index (χ3n) is 3.05. The van der Waals surface area contributed by atoms with Crippen molar-refractivity contribution in [1.29, 1.82) is 0 Å². The standard InChI is InChI=1S/C9H16.C4H9NS/c1-8-4-6-9(2,3)7-5-8;1-3-6-4-2-5-1/h4H,5-7H2,1-3H3;5H,1-4H2. The predicted octanol–water partition coefficient (Wildman–Crippen LogP) is 3.47. The highest BCUT2D eigenvalue weighted by Crippen LogP contribution is 2.33. The fourth-order valence-corrected chi connectivity index (χ4v) is 2.49. The summed E-state index contributed by atoms with van der Waals surface area (Å²) < 4.78 is 0. The molecule has 0 bridgehead atoms. The van der Waals surface area contributed by atoms with Crippen molar-refractivity contribution in [3.05, 3.63) is 11.6 Å². The van der Waals surface area contributed by atoms with Crippen molar-refractivity contribution in [3.63, 3.8) is 0 Å². The molecule has 1 aliphatic heterocycles. The smallest absolute Gasteiger partial charge is 0.00585 e. The minimum Gasteiger partial charge on any atom is -0.315 e. The molecule has 0 radical (unpaired) electrons. The van der Waals surface area contributed by atoms with E-state index in [1.807, 2.05) is 11.8 Å². The summed E-state index contributed by atoms with van der Waals surface area (Å²) in [5.41, 5.74) is 2.16. The molecule has 0 unspecified atom stereocenters. The second-order valence-corrected chi connectivity index (χ2v) is 6.51. The highest BCUT2D eigenvalue weighted by molar-refractivity contribution is 7.99. The Kier molecular flexibility index (Phi) is 5.77. The van der Waals surface area contributed by atoms with Gasteiger partial charge < -0.3 is 5.32 Å². The lowest BCUT2D eigenvalue weighted by Crippen LogP contribution is -2.24. The van der Waals surface area contributed by atoms with Gasteiger partial charge in [-0.1, -0.05) is 25.5 Å². The molecule has 1 fully saturated rings. The quantitative estimate of drug-likeness (QED) is 0.636.